The van der Waals surface area contributed by atoms with Crippen LogP contribution < -0.4 is 5.32 Å². The Labute approximate surface area is 142 Å². The van der Waals surface area contributed by atoms with Gasteiger partial charge >= 0.3 is 6.03 Å². The van der Waals surface area contributed by atoms with Gasteiger partial charge in [0, 0.05) is 32.1 Å². The van der Waals surface area contributed by atoms with E-state index in [9.17, 15) is 4.79 Å². The molecule has 7 heteroatoms. The summed E-state index contributed by atoms with van der Waals surface area (Å²) in [6.45, 7) is 3.52. The molecule has 24 heavy (non-hydrogen) atoms. The van der Waals surface area contributed by atoms with Crippen molar-refractivity contribution < 1.29 is 4.79 Å². The Hall–Kier alpha value is -2.44. The molecule has 1 aliphatic heterocycles. The Morgan fingerprint density at radius 1 is 1.33 bits per heavy atom. The summed E-state index contributed by atoms with van der Waals surface area (Å²) in [4.78, 5) is 14.6. The van der Waals surface area contributed by atoms with Crippen molar-refractivity contribution in [3.8, 4) is 0 Å². The lowest BCUT2D eigenvalue weighted by Crippen LogP contribution is -2.51. The zero-order valence-corrected chi connectivity index (χ0v) is 14.3. The number of aromatic nitrogens is 4. The maximum Gasteiger partial charge on any atom is 0.317 e. The zero-order valence-electron chi connectivity index (χ0n) is 14.3. The summed E-state index contributed by atoms with van der Waals surface area (Å²) in [5.74, 6) is 0.767. The van der Waals surface area contributed by atoms with E-state index in [1.165, 1.54) is 5.56 Å². The topological polar surface area (TPSA) is 75.9 Å². The first kappa shape index (κ1) is 16.4. The largest absolute Gasteiger partial charge is 0.338 e. The molecule has 1 aromatic carbocycles. The molecule has 1 fully saturated rings. The molecular weight excluding hydrogens is 304 g/mol. The van der Waals surface area contributed by atoms with E-state index >= 15 is 0 Å². The number of nitrogens with one attached hydrogen (secondary N) is 1. The molecule has 0 aliphatic carbocycles. The first-order valence-corrected chi connectivity index (χ1v) is 8.39. The van der Waals surface area contributed by atoms with E-state index in [1.807, 2.05) is 23.1 Å². The number of aryl methyl sites for hydroxylation is 1. The van der Waals surface area contributed by atoms with Gasteiger partial charge in [-0.25, -0.2) is 9.48 Å². The van der Waals surface area contributed by atoms with Gasteiger partial charge in [0.25, 0.3) is 0 Å². The fourth-order valence-corrected chi connectivity index (χ4v) is 3.43. The minimum atomic E-state index is -0.127. The van der Waals surface area contributed by atoms with E-state index in [-0.39, 0.29) is 11.6 Å². The molecular formula is C17H24N6O. The van der Waals surface area contributed by atoms with Crippen molar-refractivity contribution in [2.75, 3.05) is 13.1 Å². The molecule has 0 bridgehead atoms. The van der Waals surface area contributed by atoms with Gasteiger partial charge < -0.3 is 10.2 Å². The number of likely N-dealkylation sites (tertiary alicyclic amines) is 1. The average Bonchev–Trinajstić information content (AvgIpc) is 3.14. The van der Waals surface area contributed by atoms with Crippen molar-refractivity contribution >= 4 is 6.03 Å². The van der Waals surface area contributed by atoms with Crippen LogP contribution in [0.4, 0.5) is 4.79 Å². The number of carbonyl (C=O) groups excluding carboxylic acids is 1. The van der Waals surface area contributed by atoms with Crippen molar-refractivity contribution in [3.05, 3.63) is 41.7 Å². The normalized spacial score (nSPS) is 20.3. The maximum atomic E-state index is 12.6. The summed E-state index contributed by atoms with van der Waals surface area (Å²) in [5, 5.41) is 14.3. The second kappa shape index (κ2) is 6.98. The number of hydrogen-bond acceptors (Lipinski definition) is 4. The molecule has 1 unspecified atom stereocenters. The Balaban J connectivity index is 1.58. The maximum absolute atomic E-state index is 12.6. The van der Waals surface area contributed by atoms with Crippen molar-refractivity contribution in [2.45, 2.75) is 38.1 Å². The summed E-state index contributed by atoms with van der Waals surface area (Å²) in [6.07, 6.45) is 3.58. The highest BCUT2D eigenvalue weighted by Crippen LogP contribution is 2.32. The standard InChI is InChI=1S/C17H24N6O/c1-17(13-14-7-4-3-5-8-14)10-6-12-23(17)16(24)18-11-9-15-19-20-21-22(15)2/h3-5,7-8H,6,9-13H2,1-2H3,(H,18,24). The monoisotopic (exact) mass is 328 g/mol. The van der Waals surface area contributed by atoms with Crippen LogP contribution in [0, 0.1) is 0 Å². The predicted octanol–water partition coefficient (Wildman–Crippen LogP) is 1.56. The number of rotatable bonds is 5. The van der Waals surface area contributed by atoms with Gasteiger partial charge in [-0.3, -0.25) is 0 Å². The van der Waals surface area contributed by atoms with Gasteiger partial charge in [-0.15, -0.1) is 5.10 Å². The highest BCUT2D eigenvalue weighted by Gasteiger charge is 2.39. The van der Waals surface area contributed by atoms with Crippen LogP contribution in [0.15, 0.2) is 30.3 Å². The Kier molecular flexibility index (Phi) is 4.78. The predicted molar refractivity (Wildman–Crippen MR) is 90.4 cm³/mol. The Morgan fingerprint density at radius 2 is 2.12 bits per heavy atom. The van der Waals surface area contributed by atoms with Gasteiger partial charge in [0.05, 0.1) is 0 Å². The fraction of sp³-hybridized carbons (Fsp3) is 0.529. The molecule has 2 heterocycles. The first-order chi connectivity index (χ1) is 11.6. The van der Waals surface area contributed by atoms with Gasteiger partial charge in [-0.05, 0) is 42.2 Å². The smallest absolute Gasteiger partial charge is 0.317 e. The summed E-state index contributed by atoms with van der Waals surface area (Å²) < 4.78 is 1.63. The lowest BCUT2D eigenvalue weighted by atomic mass is 9.90. The molecule has 1 N–H and O–H groups in total. The van der Waals surface area contributed by atoms with Crippen molar-refractivity contribution in [2.24, 2.45) is 7.05 Å². The lowest BCUT2D eigenvalue weighted by molar-refractivity contribution is 0.155. The van der Waals surface area contributed by atoms with Gasteiger partial charge in [-0.2, -0.15) is 0 Å². The van der Waals surface area contributed by atoms with E-state index < -0.39 is 0 Å². The Morgan fingerprint density at radius 3 is 2.83 bits per heavy atom. The van der Waals surface area contributed by atoms with Crippen molar-refractivity contribution in [1.82, 2.24) is 30.4 Å². The molecule has 1 aromatic heterocycles. The highest BCUT2D eigenvalue weighted by molar-refractivity contribution is 5.75. The number of nitrogens with zero attached hydrogens (tertiary/aromatic N) is 5. The van der Waals surface area contributed by atoms with E-state index in [0.717, 1.165) is 31.6 Å². The van der Waals surface area contributed by atoms with Crippen LogP contribution in [-0.2, 0) is 19.9 Å². The molecule has 128 valence electrons. The van der Waals surface area contributed by atoms with Crippen LogP contribution in [0.3, 0.4) is 0 Å². The van der Waals surface area contributed by atoms with E-state index in [2.05, 4.69) is 39.9 Å². The molecule has 0 saturated carbocycles. The number of benzene rings is 1. The fourth-order valence-electron chi connectivity index (χ4n) is 3.43. The third-order valence-corrected chi connectivity index (χ3v) is 4.75. The van der Waals surface area contributed by atoms with Crippen LogP contribution in [0.25, 0.3) is 0 Å². The molecule has 2 amide bonds. The van der Waals surface area contributed by atoms with E-state index in [4.69, 9.17) is 0 Å². The van der Waals surface area contributed by atoms with E-state index in [1.54, 1.807) is 11.7 Å². The average molecular weight is 328 g/mol. The zero-order chi connectivity index (χ0) is 17.0. The number of urea groups is 1. The van der Waals surface area contributed by atoms with Gasteiger partial charge in [-0.1, -0.05) is 30.3 Å². The van der Waals surface area contributed by atoms with Crippen molar-refractivity contribution in [3.63, 3.8) is 0 Å². The minimum absolute atomic E-state index is 0.000980. The molecule has 1 atom stereocenters. The van der Waals surface area contributed by atoms with Crippen molar-refractivity contribution in [1.29, 1.82) is 0 Å². The molecule has 3 rings (SSSR count). The third-order valence-electron chi connectivity index (χ3n) is 4.75. The van der Waals surface area contributed by atoms with Gasteiger partial charge in [0.2, 0.25) is 0 Å². The molecule has 0 radical (unpaired) electrons. The summed E-state index contributed by atoms with van der Waals surface area (Å²) in [5.41, 5.74) is 1.14. The molecule has 1 aliphatic rings. The second-order valence-electron chi connectivity index (χ2n) is 6.62. The highest BCUT2D eigenvalue weighted by atomic mass is 16.2. The minimum Gasteiger partial charge on any atom is -0.338 e. The Bertz CT molecular complexity index is 685. The summed E-state index contributed by atoms with van der Waals surface area (Å²) >= 11 is 0. The van der Waals surface area contributed by atoms with Crippen LogP contribution >= 0.6 is 0 Å². The quantitative estimate of drug-likeness (QED) is 0.904. The van der Waals surface area contributed by atoms with Gasteiger partial charge in [0.1, 0.15) is 0 Å². The third kappa shape index (κ3) is 3.55. The molecule has 7 nitrogen and oxygen atoms in total. The first-order valence-electron chi connectivity index (χ1n) is 8.39. The number of tetrazole rings is 1. The molecule has 1 saturated heterocycles. The molecule has 0 spiro atoms. The molecule has 2 aromatic rings. The number of amides is 2. The van der Waals surface area contributed by atoms with Gasteiger partial charge in [0.15, 0.2) is 5.82 Å². The second-order valence-corrected chi connectivity index (χ2v) is 6.62. The van der Waals surface area contributed by atoms with Crippen LogP contribution in [0.5, 0.6) is 0 Å². The van der Waals surface area contributed by atoms with E-state index in [0.29, 0.717) is 13.0 Å². The van der Waals surface area contributed by atoms with Crippen LogP contribution in [0.1, 0.15) is 31.2 Å². The van der Waals surface area contributed by atoms with Crippen LogP contribution in [0.2, 0.25) is 0 Å². The lowest BCUT2D eigenvalue weighted by Gasteiger charge is -2.35. The summed E-state index contributed by atoms with van der Waals surface area (Å²) in [7, 11) is 1.80. The number of hydrogen-bond donors (Lipinski definition) is 1. The SMILES string of the molecule is Cn1nnnc1CCNC(=O)N1CCCC1(C)Cc1ccccc1. The summed E-state index contributed by atoms with van der Waals surface area (Å²) in [6, 6.07) is 10.4. The number of carbonyl (C=O) groups is 1. The van der Waals surface area contributed by atoms with Crippen LogP contribution in [-0.4, -0.2) is 49.8 Å².